The molecule has 4 heteroatoms. The van der Waals surface area contributed by atoms with Gasteiger partial charge in [-0.2, -0.15) is 0 Å². The summed E-state index contributed by atoms with van der Waals surface area (Å²) < 4.78 is 1.17. The van der Waals surface area contributed by atoms with Crippen LogP contribution in [0.3, 0.4) is 0 Å². The summed E-state index contributed by atoms with van der Waals surface area (Å²) in [6.45, 7) is 2.09. The number of thiazole rings is 1. The second-order valence-corrected chi connectivity index (χ2v) is 6.46. The molecule has 0 saturated heterocycles. The van der Waals surface area contributed by atoms with Crippen molar-refractivity contribution in [1.29, 1.82) is 0 Å². The van der Waals surface area contributed by atoms with Crippen molar-refractivity contribution >= 4 is 27.2 Å². The molecule has 0 radical (unpaired) electrons. The molecule has 0 unspecified atom stereocenters. The van der Waals surface area contributed by atoms with Gasteiger partial charge in [-0.15, -0.1) is 11.3 Å². The Bertz CT molecular complexity index is 1000. The van der Waals surface area contributed by atoms with Crippen molar-refractivity contribution in [2.45, 2.75) is 6.92 Å². The molecular weight excluding hydrogens is 302 g/mol. The molecule has 3 nitrogen and oxygen atoms in total. The Morgan fingerprint density at radius 1 is 0.957 bits per heavy atom. The summed E-state index contributed by atoms with van der Waals surface area (Å²) in [5, 5.41) is 0. The number of benzene rings is 2. The van der Waals surface area contributed by atoms with E-state index in [9.17, 15) is 0 Å². The second kappa shape index (κ2) is 5.48. The molecule has 0 aliphatic carbocycles. The highest BCUT2D eigenvalue weighted by molar-refractivity contribution is 7.16. The minimum Gasteiger partial charge on any atom is -0.397 e. The number of aromatic nitrogens is 2. The highest BCUT2D eigenvalue weighted by atomic mass is 32.1. The molecule has 2 N–H and O–H groups in total. The maximum absolute atomic E-state index is 5.99. The molecule has 0 spiro atoms. The maximum Gasteiger partial charge on any atom is 0.0812 e. The lowest BCUT2D eigenvalue weighted by atomic mass is 9.98. The summed E-state index contributed by atoms with van der Waals surface area (Å²) >= 11 is 1.64. The fourth-order valence-corrected chi connectivity index (χ4v) is 3.46. The van der Waals surface area contributed by atoms with Crippen LogP contribution in [-0.2, 0) is 0 Å². The predicted octanol–water partition coefficient (Wildman–Crippen LogP) is 4.92. The van der Waals surface area contributed by atoms with Crippen LogP contribution < -0.4 is 5.73 Å². The lowest BCUT2D eigenvalue weighted by Crippen LogP contribution is -1.94. The van der Waals surface area contributed by atoms with Gasteiger partial charge in [-0.1, -0.05) is 29.8 Å². The van der Waals surface area contributed by atoms with E-state index >= 15 is 0 Å². The zero-order valence-corrected chi connectivity index (χ0v) is 13.5. The average molecular weight is 317 g/mol. The summed E-state index contributed by atoms with van der Waals surface area (Å²) in [5.41, 5.74) is 15.0. The maximum atomic E-state index is 5.99. The third-order valence-electron chi connectivity index (χ3n) is 3.84. The third-order valence-corrected chi connectivity index (χ3v) is 4.63. The predicted molar refractivity (Wildman–Crippen MR) is 97.4 cm³/mol. The highest BCUT2D eigenvalue weighted by Gasteiger charge is 2.11. The van der Waals surface area contributed by atoms with Gasteiger partial charge in [0.05, 0.1) is 33.3 Å². The van der Waals surface area contributed by atoms with Gasteiger partial charge in [-0.05, 0) is 36.8 Å². The van der Waals surface area contributed by atoms with E-state index in [4.69, 9.17) is 5.73 Å². The van der Waals surface area contributed by atoms with Crippen molar-refractivity contribution in [2.75, 3.05) is 5.73 Å². The Kier molecular flexibility index (Phi) is 3.32. The molecule has 0 saturated carbocycles. The van der Waals surface area contributed by atoms with Gasteiger partial charge in [0.1, 0.15) is 0 Å². The fourth-order valence-electron chi connectivity index (χ4n) is 2.75. The number of pyridine rings is 1. The standard InChI is InChI=1S/C19H15N3S/c1-12-3-2-4-14(7-12)19-16(9-15(20)10-21-19)13-5-6-17-18(8-13)23-11-22-17/h2-11H,20H2,1H3. The van der Waals surface area contributed by atoms with Crippen molar-refractivity contribution in [3.05, 3.63) is 65.8 Å². The number of nitrogen functional groups attached to an aromatic ring is 1. The Balaban J connectivity index is 1.95. The van der Waals surface area contributed by atoms with Crippen LogP contribution in [0.5, 0.6) is 0 Å². The molecule has 0 aliphatic rings. The molecule has 112 valence electrons. The van der Waals surface area contributed by atoms with E-state index in [0.717, 1.165) is 27.9 Å². The summed E-state index contributed by atoms with van der Waals surface area (Å²) in [5.74, 6) is 0. The van der Waals surface area contributed by atoms with Gasteiger partial charge >= 0.3 is 0 Å². The number of hydrogen-bond acceptors (Lipinski definition) is 4. The molecular formula is C19H15N3S. The van der Waals surface area contributed by atoms with E-state index in [1.165, 1.54) is 10.3 Å². The fraction of sp³-hybridized carbons (Fsp3) is 0.0526. The van der Waals surface area contributed by atoms with Crippen molar-refractivity contribution in [3.63, 3.8) is 0 Å². The first-order valence-corrected chi connectivity index (χ1v) is 8.25. The van der Waals surface area contributed by atoms with Crippen LogP contribution in [0, 0.1) is 6.92 Å². The SMILES string of the molecule is Cc1cccc(-c2ncc(N)cc2-c2ccc3ncsc3c2)c1. The number of nitrogens with zero attached hydrogens (tertiary/aromatic N) is 2. The topological polar surface area (TPSA) is 51.8 Å². The molecule has 0 aliphatic heterocycles. The summed E-state index contributed by atoms with van der Waals surface area (Å²) in [7, 11) is 0. The highest BCUT2D eigenvalue weighted by Crippen LogP contribution is 2.34. The summed E-state index contributed by atoms with van der Waals surface area (Å²) in [4.78, 5) is 8.94. The molecule has 4 aromatic rings. The summed E-state index contributed by atoms with van der Waals surface area (Å²) in [6.07, 6.45) is 1.71. The molecule has 0 bridgehead atoms. The quantitative estimate of drug-likeness (QED) is 0.571. The van der Waals surface area contributed by atoms with Gasteiger partial charge < -0.3 is 5.73 Å². The van der Waals surface area contributed by atoms with Crippen molar-refractivity contribution in [3.8, 4) is 22.4 Å². The van der Waals surface area contributed by atoms with E-state index in [1.807, 2.05) is 17.6 Å². The van der Waals surface area contributed by atoms with Crippen LogP contribution >= 0.6 is 11.3 Å². The van der Waals surface area contributed by atoms with Crippen molar-refractivity contribution in [2.24, 2.45) is 0 Å². The molecule has 2 aromatic carbocycles. The molecule has 4 rings (SSSR count). The van der Waals surface area contributed by atoms with Gasteiger partial charge in [0.25, 0.3) is 0 Å². The normalized spacial score (nSPS) is 11.0. The van der Waals surface area contributed by atoms with Crippen molar-refractivity contribution in [1.82, 2.24) is 9.97 Å². The lowest BCUT2D eigenvalue weighted by Gasteiger charge is -2.11. The van der Waals surface area contributed by atoms with Crippen LogP contribution in [-0.4, -0.2) is 9.97 Å². The zero-order chi connectivity index (χ0) is 15.8. The van der Waals surface area contributed by atoms with Crippen LogP contribution in [0.4, 0.5) is 5.69 Å². The van der Waals surface area contributed by atoms with Gasteiger partial charge in [0, 0.05) is 11.1 Å². The first-order chi connectivity index (χ1) is 11.2. The smallest absolute Gasteiger partial charge is 0.0812 e. The average Bonchev–Trinajstić information content (AvgIpc) is 3.02. The minimum absolute atomic E-state index is 0.667. The molecule has 0 atom stereocenters. The van der Waals surface area contributed by atoms with Crippen LogP contribution in [0.1, 0.15) is 5.56 Å². The summed E-state index contributed by atoms with van der Waals surface area (Å²) in [6, 6.07) is 16.6. The van der Waals surface area contributed by atoms with Gasteiger partial charge in [0.2, 0.25) is 0 Å². The van der Waals surface area contributed by atoms with E-state index in [2.05, 4.69) is 53.3 Å². The molecule has 0 fully saturated rings. The zero-order valence-electron chi connectivity index (χ0n) is 12.7. The Labute approximate surface area is 138 Å². The van der Waals surface area contributed by atoms with Crippen LogP contribution in [0.25, 0.3) is 32.6 Å². The first kappa shape index (κ1) is 13.9. The number of nitrogens with two attached hydrogens (primary N) is 1. The van der Waals surface area contributed by atoms with Crippen LogP contribution in [0.2, 0.25) is 0 Å². The minimum atomic E-state index is 0.667. The molecule has 23 heavy (non-hydrogen) atoms. The second-order valence-electron chi connectivity index (χ2n) is 5.57. The Hall–Kier alpha value is -2.72. The third kappa shape index (κ3) is 2.58. The van der Waals surface area contributed by atoms with E-state index < -0.39 is 0 Å². The van der Waals surface area contributed by atoms with Gasteiger partial charge in [0.15, 0.2) is 0 Å². The van der Waals surface area contributed by atoms with Crippen molar-refractivity contribution < 1.29 is 0 Å². The Morgan fingerprint density at radius 2 is 1.87 bits per heavy atom. The molecule has 2 heterocycles. The lowest BCUT2D eigenvalue weighted by molar-refractivity contribution is 1.32. The van der Waals surface area contributed by atoms with E-state index in [0.29, 0.717) is 5.69 Å². The number of hydrogen-bond donors (Lipinski definition) is 1. The van der Waals surface area contributed by atoms with Gasteiger partial charge in [-0.25, -0.2) is 4.98 Å². The largest absolute Gasteiger partial charge is 0.397 e. The van der Waals surface area contributed by atoms with Gasteiger partial charge in [-0.3, -0.25) is 4.98 Å². The number of aryl methyl sites for hydroxylation is 1. The first-order valence-electron chi connectivity index (χ1n) is 7.37. The number of rotatable bonds is 2. The molecule has 0 amide bonds. The number of anilines is 1. The Morgan fingerprint density at radius 3 is 2.74 bits per heavy atom. The molecule has 2 aromatic heterocycles. The number of fused-ring (bicyclic) bond motifs is 1. The van der Waals surface area contributed by atoms with E-state index in [1.54, 1.807) is 17.5 Å². The van der Waals surface area contributed by atoms with E-state index in [-0.39, 0.29) is 0 Å². The monoisotopic (exact) mass is 317 g/mol. The van der Waals surface area contributed by atoms with Crippen LogP contribution in [0.15, 0.2) is 60.2 Å².